The molecule has 0 aromatic heterocycles. The minimum atomic E-state index is -1.82. The molecule has 1 aliphatic rings. The van der Waals surface area contributed by atoms with Crippen LogP contribution >= 0.6 is 0 Å². The molecule has 20 heavy (non-hydrogen) atoms. The predicted octanol–water partition coefficient (Wildman–Crippen LogP) is 5.10. The Morgan fingerprint density at radius 2 is 1.60 bits per heavy atom. The predicted molar refractivity (Wildman–Crippen MR) is 88.5 cm³/mol. The molecule has 0 aromatic rings. The van der Waals surface area contributed by atoms with Crippen LogP contribution in [-0.2, 0) is 9.53 Å². The summed E-state index contributed by atoms with van der Waals surface area (Å²) in [4.78, 5) is 12.3. The van der Waals surface area contributed by atoms with Gasteiger partial charge in [0.2, 0.25) is 0 Å². The Kier molecular flexibility index (Phi) is 4.65. The Morgan fingerprint density at radius 3 is 1.90 bits per heavy atom. The van der Waals surface area contributed by atoms with Gasteiger partial charge in [-0.25, -0.2) is 4.79 Å². The summed E-state index contributed by atoms with van der Waals surface area (Å²) in [6.45, 7) is 20.9. The number of ether oxygens (including phenoxy) is 1. The van der Waals surface area contributed by atoms with Crippen molar-refractivity contribution in [2.24, 2.45) is 5.92 Å². The molecule has 0 spiro atoms. The molecule has 0 aliphatic carbocycles. The zero-order valence-electron chi connectivity index (χ0n) is 14.8. The molecule has 0 bridgehead atoms. The van der Waals surface area contributed by atoms with E-state index in [0.29, 0.717) is 18.1 Å². The summed E-state index contributed by atoms with van der Waals surface area (Å²) < 4.78 is 5.28. The Balaban J connectivity index is 3.43. The highest BCUT2D eigenvalue weighted by Crippen LogP contribution is 2.63. The van der Waals surface area contributed by atoms with E-state index in [4.69, 9.17) is 4.74 Å². The molecule has 0 unspecified atom stereocenters. The molecule has 1 rings (SSSR count). The molecular formula is C17H32O2Si. The second-order valence-corrected chi connectivity index (χ2v) is 14.2. The summed E-state index contributed by atoms with van der Waals surface area (Å²) in [5.41, 5.74) is 3.86. The third-order valence-corrected chi connectivity index (χ3v) is 13.0. The second-order valence-electron chi connectivity index (χ2n) is 8.27. The van der Waals surface area contributed by atoms with E-state index in [9.17, 15) is 4.79 Å². The molecule has 1 heterocycles. The normalized spacial score (nSPS) is 26.4. The van der Waals surface area contributed by atoms with Gasteiger partial charge in [-0.2, -0.15) is 0 Å². The van der Waals surface area contributed by atoms with Gasteiger partial charge in [0.05, 0.1) is 14.7 Å². The first-order valence-electron chi connectivity index (χ1n) is 7.80. The lowest BCUT2D eigenvalue weighted by molar-refractivity contribution is -0.139. The molecule has 2 nitrogen and oxygen atoms in total. The first-order chi connectivity index (χ1) is 8.90. The summed E-state index contributed by atoms with van der Waals surface area (Å²) in [5, 5.41) is 0.459. The molecule has 0 radical (unpaired) electrons. The Morgan fingerprint density at radius 1 is 1.15 bits per heavy atom. The highest BCUT2D eigenvalue weighted by molar-refractivity contribution is 6.91. The van der Waals surface area contributed by atoms with Gasteiger partial charge < -0.3 is 4.74 Å². The fourth-order valence-corrected chi connectivity index (χ4v) is 12.5. The smallest absolute Gasteiger partial charge is 0.333 e. The first-order valence-corrected chi connectivity index (χ1v) is 9.95. The first kappa shape index (κ1) is 17.5. The van der Waals surface area contributed by atoms with Crippen molar-refractivity contribution in [2.75, 3.05) is 6.61 Å². The Bertz CT molecular complexity index is 396. The maximum atomic E-state index is 12.3. The van der Waals surface area contributed by atoms with Gasteiger partial charge in [-0.1, -0.05) is 61.1 Å². The van der Waals surface area contributed by atoms with Crippen molar-refractivity contribution >= 4 is 14.0 Å². The van der Waals surface area contributed by atoms with Crippen LogP contribution in [0.2, 0.25) is 15.6 Å². The van der Waals surface area contributed by atoms with Gasteiger partial charge in [0, 0.05) is 5.57 Å². The van der Waals surface area contributed by atoms with E-state index >= 15 is 0 Å². The average Bonchev–Trinajstić information content (AvgIpc) is 2.52. The Hall–Kier alpha value is -0.573. The van der Waals surface area contributed by atoms with Gasteiger partial charge in [-0.05, 0) is 28.5 Å². The highest BCUT2D eigenvalue weighted by Gasteiger charge is 2.60. The minimum absolute atomic E-state index is 0.102. The maximum Gasteiger partial charge on any atom is 0.333 e. The molecular weight excluding hydrogens is 264 g/mol. The van der Waals surface area contributed by atoms with E-state index in [-0.39, 0.29) is 16.0 Å². The highest BCUT2D eigenvalue weighted by atomic mass is 28.3. The quantitative estimate of drug-likeness (QED) is 0.523. The van der Waals surface area contributed by atoms with Crippen LogP contribution in [0.25, 0.3) is 0 Å². The Labute approximate surface area is 126 Å². The van der Waals surface area contributed by atoms with Crippen LogP contribution in [0.1, 0.15) is 62.3 Å². The summed E-state index contributed by atoms with van der Waals surface area (Å²) in [7, 11) is -1.82. The van der Waals surface area contributed by atoms with Crippen molar-refractivity contribution in [3.63, 3.8) is 0 Å². The molecule has 0 N–H and O–H groups in total. The number of hydrogen-bond donors (Lipinski definition) is 0. The largest absolute Gasteiger partial charge is 0.463 e. The summed E-state index contributed by atoms with van der Waals surface area (Å²) in [5.74, 6) is 0.203. The molecule has 116 valence electrons. The van der Waals surface area contributed by atoms with Crippen molar-refractivity contribution in [1.82, 2.24) is 0 Å². The zero-order valence-corrected chi connectivity index (χ0v) is 15.8. The SMILES string of the molecule is CCOC(=O)C1=C[Si](C(C)(C)C)(C(C)(C)C)[C@H](C)[C@@H]1C. The molecule has 0 aromatic carbocycles. The molecule has 0 saturated carbocycles. The fourth-order valence-electron chi connectivity index (χ4n) is 4.56. The molecule has 0 amide bonds. The number of hydrogen-bond acceptors (Lipinski definition) is 2. The number of carbonyl (C=O) groups excluding carboxylic acids is 1. The molecule has 1 aliphatic heterocycles. The van der Waals surface area contributed by atoms with Crippen LogP contribution in [0.4, 0.5) is 0 Å². The molecule has 2 atom stereocenters. The topological polar surface area (TPSA) is 26.3 Å². The van der Waals surface area contributed by atoms with Gasteiger partial charge >= 0.3 is 5.97 Å². The van der Waals surface area contributed by atoms with Gasteiger partial charge in [0.1, 0.15) is 0 Å². The third kappa shape index (κ3) is 2.49. The van der Waals surface area contributed by atoms with Gasteiger partial charge in [-0.15, -0.1) is 0 Å². The third-order valence-electron chi connectivity index (χ3n) is 5.34. The van der Waals surface area contributed by atoms with Crippen LogP contribution in [0.15, 0.2) is 11.3 Å². The molecule has 0 saturated heterocycles. The minimum Gasteiger partial charge on any atom is -0.463 e. The number of carbonyl (C=O) groups is 1. The van der Waals surface area contributed by atoms with E-state index < -0.39 is 8.07 Å². The summed E-state index contributed by atoms with van der Waals surface area (Å²) in [6.07, 6.45) is 0. The van der Waals surface area contributed by atoms with Crippen molar-refractivity contribution < 1.29 is 9.53 Å². The van der Waals surface area contributed by atoms with E-state index in [1.807, 2.05) is 6.92 Å². The molecule has 0 fully saturated rings. The van der Waals surface area contributed by atoms with Crippen LogP contribution in [0, 0.1) is 5.92 Å². The average molecular weight is 297 g/mol. The zero-order chi connectivity index (χ0) is 15.9. The van der Waals surface area contributed by atoms with Crippen molar-refractivity contribution in [1.29, 1.82) is 0 Å². The van der Waals surface area contributed by atoms with E-state index in [1.54, 1.807) is 0 Å². The lowest BCUT2D eigenvalue weighted by Crippen LogP contribution is -2.52. The lowest BCUT2D eigenvalue weighted by atomic mass is 10.0. The van der Waals surface area contributed by atoms with E-state index in [0.717, 1.165) is 5.57 Å². The van der Waals surface area contributed by atoms with Crippen LogP contribution in [0.3, 0.4) is 0 Å². The fraction of sp³-hybridized carbons (Fsp3) is 0.824. The van der Waals surface area contributed by atoms with Crippen molar-refractivity contribution in [3.8, 4) is 0 Å². The van der Waals surface area contributed by atoms with Crippen LogP contribution in [-0.4, -0.2) is 20.7 Å². The second kappa shape index (κ2) is 5.32. The van der Waals surface area contributed by atoms with Crippen molar-refractivity contribution in [3.05, 3.63) is 11.3 Å². The lowest BCUT2D eigenvalue weighted by Gasteiger charge is -2.52. The van der Waals surface area contributed by atoms with Gasteiger partial charge in [0.25, 0.3) is 0 Å². The monoisotopic (exact) mass is 296 g/mol. The molecule has 3 heteroatoms. The summed E-state index contributed by atoms with van der Waals surface area (Å²) >= 11 is 0. The van der Waals surface area contributed by atoms with Crippen LogP contribution in [0.5, 0.6) is 0 Å². The van der Waals surface area contributed by atoms with E-state index in [2.05, 4.69) is 61.1 Å². The van der Waals surface area contributed by atoms with Gasteiger partial charge in [0.15, 0.2) is 0 Å². The maximum absolute atomic E-state index is 12.3. The number of esters is 1. The number of rotatable bonds is 2. The van der Waals surface area contributed by atoms with Gasteiger partial charge in [-0.3, -0.25) is 0 Å². The standard InChI is InChI=1S/C17H32O2Si/c1-10-19-15(18)14-11-20(16(4,5)6,17(7,8)9)13(3)12(14)2/h11-13H,10H2,1-9H3/t12-,13+/m0/s1. The summed E-state index contributed by atoms with van der Waals surface area (Å²) in [6, 6.07) is 0. The van der Waals surface area contributed by atoms with Crippen LogP contribution < -0.4 is 0 Å². The van der Waals surface area contributed by atoms with Crippen molar-refractivity contribution in [2.45, 2.75) is 77.9 Å². The van der Waals surface area contributed by atoms with E-state index in [1.165, 1.54) is 0 Å².